The third kappa shape index (κ3) is 4.71. The number of carbonyl (C=O) groups is 2. The second-order valence-corrected chi connectivity index (χ2v) is 10.4. The van der Waals surface area contributed by atoms with Crippen LogP contribution in [0.1, 0.15) is 53.0 Å². The van der Waals surface area contributed by atoms with Gasteiger partial charge in [0.15, 0.2) is 5.78 Å². The fraction of sp³-hybridized carbons (Fsp3) is 0.345. The lowest BCUT2D eigenvalue weighted by atomic mass is 9.62. The lowest BCUT2D eigenvalue weighted by Crippen LogP contribution is -2.62. The molecule has 1 fully saturated rings. The number of nitriles is 1. The molecule has 0 amide bonds. The van der Waals surface area contributed by atoms with Crippen LogP contribution in [0.15, 0.2) is 64.1 Å². The predicted octanol–water partition coefficient (Wildman–Crippen LogP) is 2.90. The summed E-state index contributed by atoms with van der Waals surface area (Å²) in [5, 5.41) is 31.3. The van der Waals surface area contributed by atoms with Crippen molar-refractivity contribution in [3.8, 4) is 23.1 Å². The molecule has 0 radical (unpaired) electrons. The Labute approximate surface area is 223 Å². The van der Waals surface area contributed by atoms with Crippen molar-refractivity contribution in [1.82, 2.24) is 4.98 Å². The zero-order valence-electron chi connectivity index (χ0n) is 21.3. The Hall–Kier alpha value is -4.33. The van der Waals surface area contributed by atoms with Gasteiger partial charge in [-0.05, 0) is 69.0 Å². The van der Waals surface area contributed by atoms with E-state index in [-0.39, 0.29) is 35.5 Å². The molecule has 2 aliphatic rings. The molecule has 1 aliphatic heterocycles. The molecule has 1 aromatic carbocycles. The number of benzene rings is 1. The second kappa shape index (κ2) is 9.76. The van der Waals surface area contributed by atoms with Crippen LogP contribution < -0.4 is 10.4 Å². The summed E-state index contributed by atoms with van der Waals surface area (Å²) in [5.74, 6) is -2.64. The van der Waals surface area contributed by atoms with E-state index in [9.17, 15) is 24.6 Å². The van der Waals surface area contributed by atoms with Crippen molar-refractivity contribution in [2.75, 3.05) is 6.61 Å². The molecule has 0 spiro atoms. The van der Waals surface area contributed by atoms with Crippen LogP contribution in [0.2, 0.25) is 0 Å². The Bertz CT molecular complexity index is 1520. The van der Waals surface area contributed by atoms with Gasteiger partial charge >= 0.3 is 11.6 Å². The molecule has 0 saturated heterocycles. The van der Waals surface area contributed by atoms with Gasteiger partial charge in [0.1, 0.15) is 29.3 Å². The molecule has 2 aromatic heterocycles. The van der Waals surface area contributed by atoms with Crippen LogP contribution in [0.4, 0.5) is 0 Å². The quantitative estimate of drug-likeness (QED) is 0.470. The Morgan fingerprint density at radius 1 is 1.26 bits per heavy atom. The lowest BCUT2D eigenvalue weighted by Gasteiger charge is -2.51. The summed E-state index contributed by atoms with van der Waals surface area (Å²) >= 11 is 0. The highest BCUT2D eigenvalue weighted by Crippen LogP contribution is 2.48. The monoisotopic (exact) mass is 530 g/mol. The van der Waals surface area contributed by atoms with Gasteiger partial charge in [0.2, 0.25) is 0 Å². The van der Waals surface area contributed by atoms with Gasteiger partial charge in [0, 0.05) is 24.0 Å². The van der Waals surface area contributed by atoms with Crippen LogP contribution in [0, 0.1) is 23.2 Å². The highest BCUT2D eigenvalue weighted by molar-refractivity contribution is 6.02. The smallest absolute Gasteiger partial charge is 0.351 e. The number of fused-ring (bicyclic) bond motifs is 2. The number of ether oxygens (including phenoxy) is 2. The molecule has 3 aromatic rings. The van der Waals surface area contributed by atoms with Crippen molar-refractivity contribution in [3.05, 3.63) is 82.0 Å². The molecule has 10 heteroatoms. The zero-order chi connectivity index (χ0) is 27.9. The average Bonchev–Trinajstić information content (AvgIpc) is 2.92. The van der Waals surface area contributed by atoms with Crippen molar-refractivity contribution >= 4 is 11.8 Å². The molecular weight excluding hydrogens is 504 g/mol. The number of rotatable bonds is 5. The van der Waals surface area contributed by atoms with E-state index in [1.165, 1.54) is 43.5 Å². The summed E-state index contributed by atoms with van der Waals surface area (Å²) in [6, 6.07) is 12.7. The molecular formula is C29H26N2O8. The zero-order valence-corrected chi connectivity index (χ0v) is 21.3. The number of pyridine rings is 1. The number of hydrogen-bond donors (Lipinski definition) is 2. The number of Topliss-reactive ketones (excluding diaryl/α,β-unsaturated/α-hetero) is 1. The highest BCUT2D eigenvalue weighted by atomic mass is 16.5. The molecule has 1 saturated carbocycles. The summed E-state index contributed by atoms with van der Waals surface area (Å²) in [6.45, 7) is 2.68. The SMILES string of the molecule is CC(O)(COC(=O)c1ccc(C#N)cc1)C1CC(O)C2(C)Oc3cc(-c4cccnc4)oc(=O)c3C(=O)C2C1. The third-order valence-electron chi connectivity index (χ3n) is 7.76. The first-order chi connectivity index (χ1) is 18.5. The first kappa shape index (κ1) is 26.3. The van der Waals surface area contributed by atoms with Gasteiger partial charge in [-0.25, -0.2) is 9.59 Å². The maximum atomic E-state index is 13.6. The molecule has 1 aliphatic carbocycles. The summed E-state index contributed by atoms with van der Waals surface area (Å²) in [7, 11) is 0. The van der Waals surface area contributed by atoms with Gasteiger partial charge < -0.3 is 24.1 Å². The Balaban J connectivity index is 1.36. The van der Waals surface area contributed by atoms with E-state index in [4.69, 9.17) is 19.2 Å². The largest absolute Gasteiger partial charge is 0.483 e. The molecule has 200 valence electrons. The lowest BCUT2D eigenvalue weighted by molar-refractivity contribution is -0.150. The number of nitrogens with zero attached hydrogens (tertiary/aromatic N) is 2. The number of aromatic nitrogens is 1. The third-order valence-corrected chi connectivity index (χ3v) is 7.76. The maximum Gasteiger partial charge on any atom is 0.351 e. The van der Waals surface area contributed by atoms with Crippen molar-refractivity contribution in [2.45, 2.75) is 44.0 Å². The summed E-state index contributed by atoms with van der Waals surface area (Å²) in [6.07, 6.45) is 2.05. The number of carbonyl (C=O) groups excluding carboxylic acids is 2. The Morgan fingerprint density at radius 2 is 2.00 bits per heavy atom. The first-order valence-electron chi connectivity index (χ1n) is 12.4. The molecule has 3 heterocycles. The van der Waals surface area contributed by atoms with Gasteiger partial charge in [-0.2, -0.15) is 5.26 Å². The topological polar surface area (TPSA) is 160 Å². The number of aliphatic hydroxyl groups is 2. The number of esters is 1. The van der Waals surface area contributed by atoms with E-state index in [0.717, 1.165) is 0 Å². The molecule has 10 nitrogen and oxygen atoms in total. The highest BCUT2D eigenvalue weighted by Gasteiger charge is 2.58. The minimum atomic E-state index is -1.60. The van der Waals surface area contributed by atoms with E-state index >= 15 is 0 Å². The van der Waals surface area contributed by atoms with Gasteiger partial charge in [-0.15, -0.1) is 0 Å². The van der Waals surface area contributed by atoms with E-state index in [2.05, 4.69) is 4.98 Å². The minimum Gasteiger partial charge on any atom is -0.483 e. The second-order valence-electron chi connectivity index (χ2n) is 10.4. The number of ketones is 1. The van der Waals surface area contributed by atoms with Gasteiger partial charge in [-0.1, -0.05) is 0 Å². The van der Waals surface area contributed by atoms with Crippen LogP contribution in [-0.2, 0) is 4.74 Å². The van der Waals surface area contributed by atoms with E-state index in [0.29, 0.717) is 11.1 Å². The van der Waals surface area contributed by atoms with Crippen molar-refractivity contribution < 1.29 is 33.7 Å². The fourth-order valence-electron chi connectivity index (χ4n) is 5.30. The fourth-order valence-corrected chi connectivity index (χ4v) is 5.30. The van der Waals surface area contributed by atoms with E-state index in [1.54, 1.807) is 25.3 Å². The Morgan fingerprint density at radius 3 is 2.67 bits per heavy atom. The average molecular weight is 531 g/mol. The maximum absolute atomic E-state index is 13.6. The molecule has 5 unspecified atom stereocenters. The minimum absolute atomic E-state index is 0.0226. The Kier molecular flexibility index (Phi) is 6.58. The molecule has 5 rings (SSSR count). The van der Waals surface area contributed by atoms with Crippen molar-refractivity contribution in [1.29, 1.82) is 5.26 Å². The predicted molar refractivity (Wildman–Crippen MR) is 136 cm³/mol. The van der Waals surface area contributed by atoms with E-state index in [1.807, 2.05) is 6.07 Å². The van der Waals surface area contributed by atoms with Crippen LogP contribution in [0.5, 0.6) is 5.75 Å². The molecule has 5 atom stereocenters. The molecule has 0 bridgehead atoms. The summed E-state index contributed by atoms with van der Waals surface area (Å²) < 4.78 is 16.9. The summed E-state index contributed by atoms with van der Waals surface area (Å²) in [5.41, 5.74) is -2.93. The van der Waals surface area contributed by atoms with Crippen molar-refractivity contribution in [2.24, 2.45) is 11.8 Å². The van der Waals surface area contributed by atoms with E-state index < -0.39 is 53.1 Å². The summed E-state index contributed by atoms with van der Waals surface area (Å²) in [4.78, 5) is 43.0. The van der Waals surface area contributed by atoms with Crippen LogP contribution in [0.25, 0.3) is 11.3 Å². The standard InChI is InChI=1S/C29H26N2O8/c1-28(36,15-37-26(34)17-7-5-16(13-30)6-8-17)19-10-20-25(33)24-22(39-29(20,2)23(32)11-19)12-21(38-27(24)35)18-4-3-9-31-14-18/h3-9,12,14,19-20,23,32,36H,10-11,15H2,1-2H3. The number of hydrogen-bond acceptors (Lipinski definition) is 10. The van der Waals surface area contributed by atoms with Gasteiger partial charge in [0.05, 0.1) is 34.8 Å². The van der Waals surface area contributed by atoms with Gasteiger partial charge in [-0.3, -0.25) is 9.78 Å². The molecule has 2 N–H and O–H groups in total. The molecule has 39 heavy (non-hydrogen) atoms. The van der Waals surface area contributed by atoms with Crippen LogP contribution >= 0.6 is 0 Å². The normalized spacial score (nSPS) is 25.3. The van der Waals surface area contributed by atoms with Crippen LogP contribution in [0.3, 0.4) is 0 Å². The number of aliphatic hydroxyl groups excluding tert-OH is 1. The first-order valence-corrected chi connectivity index (χ1v) is 12.4. The van der Waals surface area contributed by atoms with Crippen LogP contribution in [-0.4, -0.2) is 50.9 Å². The van der Waals surface area contributed by atoms with Gasteiger partial charge in [0.25, 0.3) is 0 Å². The van der Waals surface area contributed by atoms with Crippen molar-refractivity contribution in [3.63, 3.8) is 0 Å².